The van der Waals surface area contributed by atoms with Crippen molar-refractivity contribution in [3.63, 3.8) is 0 Å². The normalized spacial score (nSPS) is 15.4. The fourth-order valence-corrected chi connectivity index (χ4v) is 5.05. The van der Waals surface area contributed by atoms with E-state index in [0.717, 1.165) is 19.2 Å². The maximum Gasteiger partial charge on any atom is 0.266 e. The van der Waals surface area contributed by atoms with E-state index in [2.05, 4.69) is 38.5 Å². The Kier molecular flexibility index (Phi) is 7.41. The lowest BCUT2D eigenvalue weighted by Gasteiger charge is -2.14. The van der Waals surface area contributed by atoms with E-state index >= 15 is 0 Å². The second kappa shape index (κ2) is 9.60. The van der Waals surface area contributed by atoms with Gasteiger partial charge in [0, 0.05) is 11.0 Å². The maximum absolute atomic E-state index is 12.4. The summed E-state index contributed by atoms with van der Waals surface area (Å²) in [5.74, 6) is 1.26. The van der Waals surface area contributed by atoms with Crippen molar-refractivity contribution in [3.05, 3.63) is 60.5 Å². The van der Waals surface area contributed by atoms with Gasteiger partial charge in [0.2, 0.25) is 0 Å². The summed E-state index contributed by atoms with van der Waals surface area (Å²) in [7, 11) is 1.61. The number of rotatable bonds is 6. The van der Waals surface area contributed by atoms with Gasteiger partial charge in [-0.05, 0) is 71.0 Å². The maximum atomic E-state index is 12.4. The molecule has 0 saturated carbocycles. The number of methoxy groups -OCH3 is 1. The predicted octanol–water partition coefficient (Wildman–Crippen LogP) is 5.86. The van der Waals surface area contributed by atoms with E-state index in [4.69, 9.17) is 21.7 Å². The molecule has 4 nitrogen and oxygen atoms in total. The zero-order chi connectivity index (χ0) is 20.3. The molecule has 1 saturated heterocycles. The van der Waals surface area contributed by atoms with Crippen LogP contribution in [0.3, 0.4) is 0 Å². The van der Waals surface area contributed by atoms with Gasteiger partial charge in [0.05, 0.1) is 15.6 Å². The van der Waals surface area contributed by atoms with Crippen molar-refractivity contribution in [2.24, 2.45) is 0 Å². The van der Waals surface area contributed by atoms with Crippen molar-refractivity contribution in [2.45, 2.75) is 13.5 Å². The zero-order valence-corrected chi connectivity index (χ0v) is 20.6. The summed E-state index contributed by atoms with van der Waals surface area (Å²) in [6.07, 6.45) is 1.85. The van der Waals surface area contributed by atoms with Crippen LogP contribution in [0.1, 0.15) is 18.1 Å². The summed E-state index contributed by atoms with van der Waals surface area (Å²) < 4.78 is 14.1. The molecule has 0 radical (unpaired) electrons. The molecular weight excluding hydrogens is 573 g/mol. The van der Waals surface area contributed by atoms with Crippen molar-refractivity contribution >= 4 is 78.8 Å². The zero-order valence-electron chi connectivity index (χ0n) is 15.2. The molecule has 0 atom stereocenters. The molecule has 28 heavy (non-hydrogen) atoms. The van der Waals surface area contributed by atoms with E-state index in [1.807, 2.05) is 49.4 Å². The van der Waals surface area contributed by atoms with Gasteiger partial charge in [-0.1, -0.05) is 52.0 Å². The van der Waals surface area contributed by atoms with Crippen LogP contribution in [0.5, 0.6) is 11.5 Å². The van der Waals surface area contributed by atoms with Gasteiger partial charge in [0.1, 0.15) is 10.9 Å². The highest BCUT2D eigenvalue weighted by Crippen LogP contribution is 2.37. The molecule has 1 fully saturated rings. The van der Waals surface area contributed by atoms with E-state index in [0.29, 0.717) is 33.9 Å². The fourth-order valence-electron chi connectivity index (χ4n) is 2.62. The number of hydrogen-bond acceptors (Lipinski definition) is 5. The molecule has 0 unspecified atom stereocenters. The van der Waals surface area contributed by atoms with E-state index in [9.17, 15) is 4.79 Å². The second-order valence-corrected chi connectivity index (χ2v) is 9.63. The van der Waals surface area contributed by atoms with Crippen LogP contribution >= 0.6 is 62.5 Å². The van der Waals surface area contributed by atoms with Crippen LogP contribution in [0.4, 0.5) is 0 Å². The molecule has 3 rings (SSSR count). The Morgan fingerprint density at radius 1 is 1.29 bits per heavy atom. The van der Waals surface area contributed by atoms with Gasteiger partial charge in [0.15, 0.2) is 11.5 Å². The summed E-state index contributed by atoms with van der Waals surface area (Å²) in [4.78, 5) is 14.6. The first-order valence-electron chi connectivity index (χ1n) is 8.43. The number of halogens is 2. The number of thiocarbonyl (C=S) groups is 1. The number of likely N-dealkylation sites (N-methyl/N-ethyl adjacent to an activating group) is 1. The fraction of sp³-hybridized carbons (Fsp3) is 0.200. The lowest BCUT2D eigenvalue weighted by Crippen LogP contribution is -2.27. The van der Waals surface area contributed by atoms with E-state index < -0.39 is 0 Å². The van der Waals surface area contributed by atoms with Crippen LogP contribution in [0, 0.1) is 3.57 Å². The van der Waals surface area contributed by atoms with E-state index in [1.54, 1.807) is 12.0 Å². The first-order chi connectivity index (χ1) is 13.4. The Morgan fingerprint density at radius 3 is 2.61 bits per heavy atom. The Labute approximate surface area is 195 Å². The molecule has 0 spiro atoms. The summed E-state index contributed by atoms with van der Waals surface area (Å²) in [5.41, 5.74) is 1.93. The topological polar surface area (TPSA) is 38.8 Å². The highest BCUT2D eigenvalue weighted by Gasteiger charge is 2.30. The minimum atomic E-state index is -0.0537. The largest absolute Gasteiger partial charge is 0.493 e. The number of ether oxygens (including phenoxy) is 2. The van der Waals surface area contributed by atoms with Crippen molar-refractivity contribution in [1.29, 1.82) is 0 Å². The predicted molar refractivity (Wildman–Crippen MR) is 130 cm³/mol. The van der Waals surface area contributed by atoms with E-state index in [1.165, 1.54) is 11.8 Å². The molecule has 146 valence electrons. The highest BCUT2D eigenvalue weighted by atomic mass is 127. The standard InChI is InChI=1S/C20H17BrINO3S2/c1-3-23-19(24)17(28-20(23)27)10-13-8-15(22)18(16(9-13)25-2)26-11-12-4-6-14(21)7-5-12/h4-10H,3,11H2,1-2H3/b17-10-. The molecule has 1 aliphatic heterocycles. The molecule has 0 bridgehead atoms. The third-order valence-corrected chi connectivity index (χ3v) is 6.74. The van der Waals surface area contributed by atoms with Crippen LogP contribution in [0.2, 0.25) is 0 Å². The van der Waals surface area contributed by atoms with Gasteiger partial charge in [-0.25, -0.2) is 0 Å². The molecule has 8 heteroatoms. The summed E-state index contributed by atoms with van der Waals surface area (Å²) in [5, 5.41) is 0. The van der Waals surface area contributed by atoms with Crippen molar-refractivity contribution < 1.29 is 14.3 Å². The summed E-state index contributed by atoms with van der Waals surface area (Å²) in [6, 6.07) is 11.8. The monoisotopic (exact) mass is 589 g/mol. The van der Waals surface area contributed by atoms with Gasteiger partial charge >= 0.3 is 0 Å². The minimum absolute atomic E-state index is 0.0537. The van der Waals surface area contributed by atoms with Crippen LogP contribution in [0.15, 0.2) is 45.8 Å². The van der Waals surface area contributed by atoms with Crippen molar-refractivity contribution in [1.82, 2.24) is 4.90 Å². The van der Waals surface area contributed by atoms with E-state index in [-0.39, 0.29) is 5.91 Å². The molecule has 1 heterocycles. The smallest absolute Gasteiger partial charge is 0.266 e. The molecule has 0 aliphatic carbocycles. The van der Waals surface area contributed by atoms with Crippen LogP contribution in [-0.2, 0) is 11.4 Å². The molecule has 1 amide bonds. The highest BCUT2D eigenvalue weighted by molar-refractivity contribution is 14.1. The number of amides is 1. The SMILES string of the molecule is CCN1C(=O)/C(=C/c2cc(I)c(OCc3ccc(Br)cc3)c(OC)c2)SC1=S. The molecule has 2 aromatic rings. The second-order valence-electron chi connectivity index (χ2n) is 5.88. The Hall–Kier alpha value is -1.10. The Morgan fingerprint density at radius 2 is 2.00 bits per heavy atom. The number of carbonyl (C=O) groups is 1. The van der Waals surface area contributed by atoms with Gasteiger partial charge < -0.3 is 9.47 Å². The summed E-state index contributed by atoms with van der Waals surface area (Å²) in [6.45, 7) is 2.93. The first kappa shape index (κ1) is 21.6. The third-order valence-electron chi connectivity index (χ3n) is 4.04. The van der Waals surface area contributed by atoms with Crippen molar-refractivity contribution in [2.75, 3.05) is 13.7 Å². The van der Waals surface area contributed by atoms with Gasteiger partial charge in [-0.15, -0.1) is 0 Å². The lowest BCUT2D eigenvalue weighted by atomic mass is 10.1. The van der Waals surface area contributed by atoms with Gasteiger partial charge in [0.25, 0.3) is 5.91 Å². The first-order valence-corrected chi connectivity index (χ1v) is 11.5. The number of hydrogen-bond donors (Lipinski definition) is 0. The molecule has 1 aliphatic rings. The Bertz CT molecular complexity index is 947. The van der Waals surface area contributed by atoms with Gasteiger partial charge in [-0.3, -0.25) is 9.69 Å². The van der Waals surface area contributed by atoms with Crippen LogP contribution < -0.4 is 9.47 Å². The molecule has 2 aromatic carbocycles. The quantitative estimate of drug-likeness (QED) is 0.240. The third kappa shape index (κ3) is 4.90. The minimum Gasteiger partial charge on any atom is -0.493 e. The van der Waals surface area contributed by atoms with Gasteiger partial charge in [-0.2, -0.15) is 0 Å². The average molecular weight is 590 g/mol. The molecule has 0 aromatic heterocycles. The molecule has 0 N–H and O–H groups in total. The van der Waals surface area contributed by atoms with Crippen molar-refractivity contribution in [3.8, 4) is 11.5 Å². The lowest BCUT2D eigenvalue weighted by molar-refractivity contribution is -0.121. The average Bonchev–Trinajstić information content (AvgIpc) is 2.94. The number of benzene rings is 2. The number of nitrogens with zero attached hydrogens (tertiary/aromatic N) is 1. The van der Waals surface area contributed by atoms with Crippen LogP contribution in [0.25, 0.3) is 6.08 Å². The number of thioether (sulfide) groups is 1. The Balaban J connectivity index is 1.83. The van der Waals surface area contributed by atoms with Crippen LogP contribution in [-0.4, -0.2) is 28.8 Å². The summed E-state index contributed by atoms with van der Waals surface area (Å²) >= 11 is 12.2. The number of carbonyl (C=O) groups excluding carboxylic acids is 1. The molecular formula is C20H17BrINO3S2.